The van der Waals surface area contributed by atoms with Crippen LogP contribution in [-0.4, -0.2) is 18.0 Å². The molecule has 1 N–H and O–H groups in total. The van der Waals surface area contributed by atoms with Crippen molar-refractivity contribution in [3.05, 3.63) is 87.2 Å². The van der Waals surface area contributed by atoms with Gasteiger partial charge < -0.3 is 14.6 Å². The molecule has 2 aliphatic rings. The maximum absolute atomic E-state index is 13.5. The van der Waals surface area contributed by atoms with Crippen molar-refractivity contribution in [1.82, 2.24) is 5.16 Å². The van der Waals surface area contributed by atoms with Gasteiger partial charge in [0, 0.05) is 28.6 Å². The molecule has 6 heteroatoms. The number of nitrogens with one attached hydrogen (secondary N) is 1. The first-order valence-corrected chi connectivity index (χ1v) is 10.3. The number of carbonyl (C=O) groups is 1. The number of hydrogen-bond donors (Lipinski definition) is 1. The fraction of sp³-hybridized carbons (Fsp3) is 0.250. The number of aromatic nitrogens is 1. The van der Waals surface area contributed by atoms with Crippen LogP contribution in [0.25, 0.3) is 0 Å². The first kappa shape index (κ1) is 18.9. The van der Waals surface area contributed by atoms with Crippen molar-refractivity contribution >= 4 is 23.3 Å². The zero-order chi connectivity index (χ0) is 20.8. The van der Waals surface area contributed by atoms with E-state index in [4.69, 9.17) is 20.9 Å². The van der Waals surface area contributed by atoms with Crippen LogP contribution in [0.1, 0.15) is 47.1 Å². The van der Waals surface area contributed by atoms with Gasteiger partial charge in [-0.15, -0.1) is 0 Å². The van der Waals surface area contributed by atoms with Crippen LogP contribution in [0.4, 0.5) is 5.88 Å². The number of ketones is 1. The molecule has 1 aliphatic carbocycles. The van der Waals surface area contributed by atoms with Gasteiger partial charge in [0.05, 0.1) is 18.4 Å². The Bertz CT molecular complexity index is 1160. The number of aryl methyl sites for hydroxylation is 1. The number of allylic oxidation sites excluding steroid dienone is 2. The molecule has 0 radical (unpaired) electrons. The lowest BCUT2D eigenvalue weighted by Crippen LogP contribution is -2.29. The number of fused-ring (bicyclic) bond motifs is 1. The highest BCUT2D eigenvalue weighted by atomic mass is 35.5. The summed E-state index contributed by atoms with van der Waals surface area (Å²) in [6, 6.07) is 15.6. The molecule has 152 valence electrons. The molecule has 0 unspecified atom stereocenters. The number of methoxy groups -OCH3 is 1. The number of ether oxygens (including phenoxy) is 1. The molecular weight excluding hydrogens is 400 g/mol. The number of rotatable bonds is 3. The van der Waals surface area contributed by atoms with Crippen molar-refractivity contribution in [3.8, 4) is 5.75 Å². The van der Waals surface area contributed by atoms with Crippen molar-refractivity contribution in [3.63, 3.8) is 0 Å². The van der Waals surface area contributed by atoms with Crippen LogP contribution in [0.5, 0.6) is 5.75 Å². The molecule has 1 aromatic heterocycles. The summed E-state index contributed by atoms with van der Waals surface area (Å²) in [7, 11) is 1.64. The number of halogens is 1. The first-order valence-electron chi connectivity index (χ1n) is 9.94. The van der Waals surface area contributed by atoms with Gasteiger partial charge in [-0.05, 0) is 54.7 Å². The molecule has 5 rings (SSSR count). The minimum atomic E-state index is -0.226. The lowest BCUT2D eigenvalue weighted by Gasteiger charge is -2.34. The van der Waals surface area contributed by atoms with Crippen LogP contribution >= 0.6 is 11.6 Å². The molecule has 0 bridgehead atoms. The second kappa shape index (κ2) is 7.33. The Hall–Kier alpha value is -3.05. The SMILES string of the molecule is COc1cccc([C@@H]2C3=C(C[C@H](c4ccc(Cl)cc4)CC3=O)Nc3onc(C)c32)c1. The van der Waals surface area contributed by atoms with Crippen LogP contribution < -0.4 is 10.1 Å². The second-order valence-electron chi connectivity index (χ2n) is 7.82. The molecule has 1 aliphatic heterocycles. The summed E-state index contributed by atoms with van der Waals surface area (Å²) in [4.78, 5) is 13.5. The number of Topliss-reactive ketones (excluding diaryl/α,β-unsaturated/α-hetero) is 1. The van der Waals surface area contributed by atoms with Gasteiger partial charge in [-0.2, -0.15) is 0 Å². The standard InChI is InChI=1S/C24H21ClN2O3/c1-13-21-22(15-4-3-5-18(10-15)29-2)23-19(26-24(21)30-27-13)11-16(12-20(23)28)14-6-8-17(25)9-7-14/h3-10,16,22,26H,11-12H2,1-2H3/t16-,22-/m0/s1. The number of carbonyl (C=O) groups excluding carboxylic acids is 1. The van der Waals surface area contributed by atoms with Gasteiger partial charge in [-0.1, -0.05) is 41.0 Å². The van der Waals surface area contributed by atoms with Crippen LogP contribution in [0.3, 0.4) is 0 Å². The molecule has 2 atom stereocenters. The fourth-order valence-corrected chi connectivity index (χ4v) is 4.72. The van der Waals surface area contributed by atoms with Crippen molar-refractivity contribution in [2.45, 2.75) is 31.6 Å². The average Bonchev–Trinajstić information content (AvgIpc) is 3.13. The lowest BCUT2D eigenvalue weighted by molar-refractivity contribution is -0.116. The molecule has 3 aromatic rings. The third-order valence-electron chi connectivity index (χ3n) is 6.03. The van der Waals surface area contributed by atoms with Crippen LogP contribution in [0, 0.1) is 6.92 Å². The summed E-state index contributed by atoms with van der Waals surface area (Å²) in [6.07, 6.45) is 1.19. The third-order valence-corrected chi connectivity index (χ3v) is 6.28. The molecule has 2 aromatic carbocycles. The molecule has 30 heavy (non-hydrogen) atoms. The van der Waals surface area contributed by atoms with Crippen LogP contribution in [0.2, 0.25) is 5.02 Å². The minimum Gasteiger partial charge on any atom is -0.497 e. The third kappa shape index (κ3) is 3.10. The molecular formula is C24H21ClN2O3. The summed E-state index contributed by atoms with van der Waals surface area (Å²) in [5, 5.41) is 8.22. The van der Waals surface area contributed by atoms with E-state index in [0.717, 1.165) is 45.8 Å². The normalized spacial score (nSPS) is 20.4. The van der Waals surface area contributed by atoms with E-state index in [1.54, 1.807) is 7.11 Å². The van der Waals surface area contributed by atoms with Gasteiger partial charge in [-0.25, -0.2) is 0 Å². The quantitative estimate of drug-likeness (QED) is 0.597. The summed E-state index contributed by atoms with van der Waals surface area (Å²) in [6.45, 7) is 1.91. The molecule has 0 fully saturated rings. The Labute approximate surface area is 179 Å². The van der Waals surface area contributed by atoms with Crippen molar-refractivity contribution in [2.75, 3.05) is 12.4 Å². The largest absolute Gasteiger partial charge is 0.497 e. The summed E-state index contributed by atoms with van der Waals surface area (Å²) >= 11 is 6.04. The van der Waals surface area contributed by atoms with E-state index < -0.39 is 0 Å². The predicted molar refractivity (Wildman–Crippen MR) is 115 cm³/mol. The minimum absolute atomic E-state index is 0.0949. The van der Waals surface area contributed by atoms with Gasteiger partial charge in [0.2, 0.25) is 5.88 Å². The Balaban J connectivity index is 1.61. The van der Waals surface area contributed by atoms with Gasteiger partial charge in [-0.3, -0.25) is 4.79 Å². The van der Waals surface area contributed by atoms with Crippen molar-refractivity contribution in [1.29, 1.82) is 0 Å². The van der Waals surface area contributed by atoms with Crippen LogP contribution in [0.15, 0.2) is 64.3 Å². The highest BCUT2D eigenvalue weighted by molar-refractivity contribution is 6.30. The maximum atomic E-state index is 13.5. The van der Waals surface area contributed by atoms with E-state index >= 15 is 0 Å². The molecule has 0 spiro atoms. The molecule has 0 amide bonds. The first-order chi connectivity index (χ1) is 14.5. The Morgan fingerprint density at radius 2 is 1.93 bits per heavy atom. The van der Waals surface area contributed by atoms with Gasteiger partial charge in [0.1, 0.15) is 5.75 Å². The van der Waals surface area contributed by atoms with Crippen molar-refractivity contribution < 1.29 is 14.1 Å². The van der Waals surface area contributed by atoms with Crippen LogP contribution in [-0.2, 0) is 4.79 Å². The molecule has 0 saturated carbocycles. The molecule has 5 nitrogen and oxygen atoms in total. The highest BCUT2D eigenvalue weighted by Gasteiger charge is 2.41. The zero-order valence-corrected chi connectivity index (χ0v) is 17.5. The van der Waals surface area contributed by atoms with Gasteiger partial charge in [0.25, 0.3) is 0 Å². The second-order valence-corrected chi connectivity index (χ2v) is 8.25. The summed E-state index contributed by atoms with van der Waals surface area (Å²) in [5.74, 6) is 1.38. The fourth-order valence-electron chi connectivity index (χ4n) is 4.60. The van der Waals surface area contributed by atoms with E-state index in [1.165, 1.54) is 0 Å². The zero-order valence-electron chi connectivity index (χ0n) is 16.7. The summed E-state index contributed by atoms with van der Waals surface area (Å²) < 4.78 is 11.0. The van der Waals surface area contributed by atoms with Gasteiger partial charge in [0.15, 0.2) is 5.78 Å². The lowest BCUT2D eigenvalue weighted by atomic mass is 9.72. The van der Waals surface area contributed by atoms with E-state index in [0.29, 0.717) is 17.3 Å². The van der Waals surface area contributed by atoms with Gasteiger partial charge >= 0.3 is 0 Å². The number of nitrogens with zero attached hydrogens (tertiary/aromatic N) is 1. The molecule has 0 saturated heterocycles. The van der Waals surface area contributed by atoms with Crippen molar-refractivity contribution in [2.24, 2.45) is 0 Å². The Morgan fingerprint density at radius 1 is 1.13 bits per heavy atom. The van der Waals surface area contributed by atoms with E-state index in [1.807, 2.05) is 55.5 Å². The number of anilines is 1. The Kier molecular flexibility index (Phi) is 4.63. The van der Waals surface area contributed by atoms with E-state index in [9.17, 15) is 4.79 Å². The Morgan fingerprint density at radius 3 is 2.70 bits per heavy atom. The number of hydrogen-bond acceptors (Lipinski definition) is 5. The predicted octanol–water partition coefficient (Wildman–Crippen LogP) is 5.60. The monoisotopic (exact) mass is 420 g/mol. The van der Waals surface area contributed by atoms with E-state index in [-0.39, 0.29) is 17.6 Å². The summed E-state index contributed by atoms with van der Waals surface area (Å²) in [5.41, 5.74) is 5.51. The van der Waals surface area contributed by atoms with E-state index in [2.05, 4.69) is 10.5 Å². The smallest absolute Gasteiger partial charge is 0.233 e. The topological polar surface area (TPSA) is 64.4 Å². The average molecular weight is 421 g/mol. The molecule has 2 heterocycles. The number of benzene rings is 2. The highest BCUT2D eigenvalue weighted by Crippen LogP contribution is 2.49. The maximum Gasteiger partial charge on any atom is 0.233 e.